The highest BCUT2D eigenvalue weighted by Gasteiger charge is 2.22. The Hall–Kier alpha value is -1.88. The van der Waals surface area contributed by atoms with Crippen molar-refractivity contribution < 1.29 is 4.79 Å². The van der Waals surface area contributed by atoms with Gasteiger partial charge in [0.25, 0.3) is 0 Å². The lowest BCUT2D eigenvalue weighted by Crippen LogP contribution is -2.27. The highest BCUT2D eigenvalue weighted by Crippen LogP contribution is 2.26. The summed E-state index contributed by atoms with van der Waals surface area (Å²) in [5, 5.41) is 5.36. The molecule has 1 aromatic heterocycles. The largest absolute Gasteiger partial charge is 0.399 e. The first-order valence-corrected chi connectivity index (χ1v) is 6.87. The lowest BCUT2D eigenvalue weighted by molar-refractivity contribution is -0.123. The van der Waals surface area contributed by atoms with Crippen molar-refractivity contribution in [2.24, 2.45) is 5.41 Å². The summed E-state index contributed by atoms with van der Waals surface area (Å²) in [6.07, 6.45) is 0. The predicted molar refractivity (Wildman–Crippen MR) is 80.0 cm³/mol. The van der Waals surface area contributed by atoms with Crippen LogP contribution in [0.2, 0.25) is 0 Å². The molecule has 0 saturated carbocycles. The topological polar surface area (TPSA) is 68.0 Å². The van der Waals surface area contributed by atoms with Crippen molar-refractivity contribution >= 4 is 28.1 Å². The highest BCUT2D eigenvalue weighted by atomic mass is 32.1. The number of anilines is 2. The number of benzene rings is 1. The first-order chi connectivity index (χ1) is 8.86. The van der Waals surface area contributed by atoms with Crippen molar-refractivity contribution in [3.63, 3.8) is 0 Å². The van der Waals surface area contributed by atoms with Crippen LogP contribution in [0.3, 0.4) is 0 Å². The van der Waals surface area contributed by atoms with Gasteiger partial charge in [0, 0.05) is 22.0 Å². The van der Waals surface area contributed by atoms with E-state index in [0.717, 1.165) is 16.9 Å². The van der Waals surface area contributed by atoms with E-state index in [1.54, 1.807) is 0 Å². The van der Waals surface area contributed by atoms with Gasteiger partial charge in [-0.05, 0) is 12.1 Å². The molecule has 19 heavy (non-hydrogen) atoms. The van der Waals surface area contributed by atoms with Crippen LogP contribution in [0.4, 0.5) is 10.8 Å². The molecule has 0 spiro atoms. The molecule has 0 aliphatic carbocycles. The van der Waals surface area contributed by atoms with Gasteiger partial charge in [0.1, 0.15) is 0 Å². The fraction of sp³-hybridized carbons (Fsp3) is 0.286. The smallest absolute Gasteiger partial charge is 0.231 e. The normalized spacial score (nSPS) is 11.3. The van der Waals surface area contributed by atoms with E-state index in [1.807, 2.05) is 50.4 Å². The Kier molecular flexibility index (Phi) is 3.57. The minimum atomic E-state index is -0.424. The summed E-state index contributed by atoms with van der Waals surface area (Å²) in [6, 6.07) is 7.50. The summed E-state index contributed by atoms with van der Waals surface area (Å²) in [7, 11) is 0. The molecular weight excluding hydrogens is 258 g/mol. The summed E-state index contributed by atoms with van der Waals surface area (Å²) in [4.78, 5) is 16.3. The highest BCUT2D eigenvalue weighted by molar-refractivity contribution is 7.14. The van der Waals surface area contributed by atoms with Crippen molar-refractivity contribution in [1.82, 2.24) is 4.98 Å². The number of thiazole rings is 1. The molecule has 2 aromatic rings. The van der Waals surface area contributed by atoms with Crippen LogP contribution in [-0.4, -0.2) is 10.9 Å². The van der Waals surface area contributed by atoms with Crippen molar-refractivity contribution in [3.8, 4) is 11.3 Å². The third kappa shape index (κ3) is 3.32. The molecule has 0 aliphatic heterocycles. The molecule has 3 N–H and O–H groups in total. The zero-order chi connectivity index (χ0) is 14.0. The number of hydrogen-bond donors (Lipinski definition) is 2. The van der Waals surface area contributed by atoms with Gasteiger partial charge in [0.2, 0.25) is 5.91 Å². The van der Waals surface area contributed by atoms with E-state index in [1.165, 1.54) is 11.3 Å². The number of carbonyl (C=O) groups is 1. The Morgan fingerprint density at radius 3 is 2.47 bits per heavy atom. The fourth-order valence-electron chi connectivity index (χ4n) is 1.40. The summed E-state index contributed by atoms with van der Waals surface area (Å²) >= 11 is 1.42. The van der Waals surface area contributed by atoms with E-state index in [4.69, 9.17) is 5.73 Å². The standard InChI is InChI=1S/C14H17N3OS/c1-14(2,3)12(18)17-13-16-11(8-19-13)9-4-6-10(15)7-5-9/h4-8H,15H2,1-3H3,(H,16,17,18). The van der Waals surface area contributed by atoms with Crippen molar-refractivity contribution in [3.05, 3.63) is 29.6 Å². The average Bonchev–Trinajstić information content (AvgIpc) is 2.77. The number of nitrogens with one attached hydrogen (secondary N) is 1. The van der Waals surface area contributed by atoms with E-state index in [0.29, 0.717) is 5.13 Å². The van der Waals surface area contributed by atoms with Crippen molar-refractivity contribution in [2.45, 2.75) is 20.8 Å². The quantitative estimate of drug-likeness (QED) is 0.826. The molecule has 0 fully saturated rings. The zero-order valence-corrected chi connectivity index (χ0v) is 12.0. The zero-order valence-electron chi connectivity index (χ0n) is 11.2. The van der Waals surface area contributed by atoms with Crippen LogP contribution in [-0.2, 0) is 4.79 Å². The summed E-state index contributed by atoms with van der Waals surface area (Å²) < 4.78 is 0. The number of nitrogens with two attached hydrogens (primary N) is 1. The number of rotatable bonds is 2. The minimum absolute atomic E-state index is 0.0364. The van der Waals surface area contributed by atoms with E-state index in [-0.39, 0.29) is 5.91 Å². The van der Waals surface area contributed by atoms with Gasteiger partial charge in [-0.15, -0.1) is 11.3 Å². The van der Waals surface area contributed by atoms with E-state index in [9.17, 15) is 4.79 Å². The van der Waals surface area contributed by atoms with Gasteiger partial charge < -0.3 is 11.1 Å². The van der Waals surface area contributed by atoms with Gasteiger partial charge in [-0.2, -0.15) is 0 Å². The van der Waals surface area contributed by atoms with Gasteiger partial charge in [-0.25, -0.2) is 4.98 Å². The molecule has 0 bridgehead atoms. The van der Waals surface area contributed by atoms with Crippen LogP contribution in [0.1, 0.15) is 20.8 Å². The Morgan fingerprint density at radius 1 is 1.26 bits per heavy atom. The van der Waals surface area contributed by atoms with E-state index < -0.39 is 5.41 Å². The van der Waals surface area contributed by atoms with Gasteiger partial charge in [-0.3, -0.25) is 4.79 Å². The van der Waals surface area contributed by atoms with Crippen LogP contribution in [0.25, 0.3) is 11.3 Å². The molecule has 4 nitrogen and oxygen atoms in total. The molecule has 0 atom stereocenters. The Labute approximate surface area is 116 Å². The molecule has 1 heterocycles. The Balaban J connectivity index is 2.16. The maximum Gasteiger partial charge on any atom is 0.231 e. The maximum absolute atomic E-state index is 11.9. The Morgan fingerprint density at radius 2 is 1.89 bits per heavy atom. The van der Waals surface area contributed by atoms with Crippen LogP contribution in [0.15, 0.2) is 29.6 Å². The average molecular weight is 275 g/mol. The van der Waals surface area contributed by atoms with Gasteiger partial charge in [0.05, 0.1) is 5.69 Å². The molecule has 5 heteroatoms. The van der Waals surface area contributed by atoms with Crippen LogP contribution < -0.4 is 11.1 Å². The molecular formula is C14H17N3OS. The third-order valence-electron chi connectivity index (χ3n) is 2.61. The second-order valence-electron chi connectivity index (χ2n) is 5.36. The fourth-order valence-corrected chi connectivity index (χ4v) is 2.12. The van der Waals surface area contributed by atoms with Crippen LogP contribution >= 0.6 is 11.3 Å². The second-order valence-corrected chi connectivity index (χ2v) is 6.22. The number of carbonyl (C=O) groups excluding carboxylic acids is 1. The third-order valence-corrected chi connectivity index (χ3v) is 3.37. The first-order valence-electron chi connectivity index (χ1n) is 5.99. The number of nitrogen functional groups attached to an aromatic ring is 1. The Bertz CT molecular complexity index is 581. The lowest BCUT2D eigenvalue weighted by Gasteiger charge is -2.15. The van der Waals surface area contributed by atoms with E-state index >= 15 is 0 Å². The molecule has 1 amide bonds. The summed E-state index contributed by atoms with van der Waals surface area (Å²) in [5.74, 6) is -0.0364. The molecule has 0 aliphatic rings. The molecule has 0 unspecified atom stereocenters. The second kappa shape index (κ2) is 5.01. The van der Waals surface area contributed by atoms with Gasteiger partial charge >= 0.3 is 0 Å². The number of aromatic nitrogens is 1. The van der Waals surface area contributed by atoms with Crippen molar-refractivity contribution in [1.29, 1.82) is 0 Å². The van der Waals surface area contributed by atoms with Gasteiger partial charge in [0.15, 0.2) is 5.13 Å². The van der Waals surface area contributed by atoms with E-state index in [2.05, 4.69) is 10.3 Å². The van der Waals surface area contributed by atoms with Crippen LogP contribution in [0.5, 0.6) is 0 Å². The van der Waals surface area contributed by atoms with Gasteiger partial charge in [-0.1, -0.05) is 32.9 Å². The number of amides is 1. The monoisotopic (exact) mass is 275 g/mol. The summed E-state index contributed by atoms with van der Waals surface area (Å²) in [6.45, 7) is 5.62. The SMILES string of the molecule is CC(C)(C)C(=O)Nc1nc(-c2ccc(N)cc2)cs1. The van der Waals surface area contributed by atoms with Crippen LogP contribution in [0, 0.1) is 5.41 Å². The minimum Gasteiger partial charge on any atom is -0.399 e. The lowest BCUT2D eigenvalue weighted by atomic mass is 9.96. The molecule has 0 saturated heterocycles. The predicted octanol–water partition coefficient (Wildman–Crippen LogP) is 3.38. The molecule has 0 radical (unpaired) electrons. The summed E-state index contributed by atoms with van der Waals surface area (Å²) in [5.41, 5.74) is 7.78. The number of nitrogens with zero attached hydrogens (tertiary/aromatic N) is 1. The number of hydrogen-bond acceptors (Lipinski definition) is 4. The molecule has 1 aromatic carbocycles. The first kappa shape index (κ1) is 13.5. The van der Waals surface area contributed by atoms with Crippen molar-refractivity contribution in [2.75, 3.05) is 11.1 Å². The molecule has 2 rings (SSSR count). The molecule has 100 valence electrons. The maximum atomic E-state index is 11.9.